The van der Waals surface area contributed by atoms with Gasteiger partial charge >= 0.3 is 6.09 Å². The Hall–Kier alpha value is -0.923. The van der Waals surface area contributed by atoms with Crippen molar-refractivity contribution in [2.24, 2.45) is 5.92 Å². The maximum atomic E-state index is 13.2. The molecule has 0 heterocycles. The number of ether oxygens (including phenoxy) is 1. The molecule has 0 aliphatic rings. The Morgan fingerprint density at radius 2 is 1.46 bits per heavy atom. The van der Waals surface area contributed by atoms with Crippen LogP contribution >= 0.6 is 0 Å². The highest BCUT2D eigenvalue weighted by molar-refractivity contribution is 6.74. The van der Waals surface area contributed by atoms with Gasteiger partial charge in [0.25, 0.3) is 0 Å². The van der Waals surface area contributed by atoms with Gasteiger partial charge in [-0.05, 0) is 65.1 Å². The van der Waals surface area contributed by atoms with Crippen LogP contribution in [0.5, 0.6) is 0 Å². The van der Waals surface area contributed by atoms with E-state index < -0.39 is 43.5 Å². The van der Waals surface area contributed by atoms with Crippen molar-refractivity contribution in [3.63, 3.8) is 0 Å². The third kappa shape index (κ3) is 8.21. The first-order valence-electron chi connectivity index (χ1n) is 10.1. The molecule has 0 aromatic rings. The van der Waals surface area contributed by atoms with Crippen LogP contribution in [-0.2, 0) is 14.0 Å². The highest BCUT2D eigenvalue weighted by Gasteiger charge is 2.47. The number of carbonyl (C=O) groups excluding carboxylic acids is 2. The van der Waals surface area contributed by atoms with Crippen LogP contribution in [0.2, 0.25) is 18.1 Å². The van der Waals surface area contributed by atoms with E-state index in [1.165, 1.54) is 6.92 Å². The van der Waals surface area contributed by atoms with Crippen molar-refractivity contribution < 1.29 is 23.9 Å². The lowest BCUT2D eigenvalue weighted by Crippen LogP contribution is -2.59. The maximum Gasteiger partial charge on any atom is 0.408 e. The summed E-state index contributed by atoms with van der Waals surface area (Å²) in [5.41, 5.74) is -2.40. The first-order chi connectivity index (χ1) is 12.2. The summed E-state index contributed by atoms with van der Waals surface area (Å²) in [5, 5.41) is 13.7. The van der Waals surface area contributed by atoms with E-state index in [2.05, 4.69) is 39.2 Å². The zero-order valence-electron chi connectivity index (χ0n) is 20.0. The van der Waals surface area contributed by atoms with Crippen molar-refractivity contribution in [2.75, 3.05) is 0 Å². The van der Waals surface area contributed by atoms with Crippen LogP contribution < -0.4 is 5.32 Å². The molecular weight excluding hydrogens is 374 g/mol. The zero-order valence-corrected chi connectivity index (χ0v) is 21.0. The van der Waals surface area contributed by atoms with E-state index in [1.807, 2.05) is 13.8 Å². The second-order valence-electron chi connectivity index (χ2n) is 10.9. The summed E-state index contributed by atoms with van der Waals surface area (Å²) in [6.45, 7) is 22.9. The Bertz CT molecular complexity index is 544. The van der Waals surface area contributed by atoms with Crippen LogP contribution in [0.3, 0.4) is 0 Å². The molecule has 0 aliphatic heterocycles. The van der Waals surface area contributed by atoms with E-state index in [-0.39, 0.29) is 11.0 Å². The van der Waals surface area contributed by atoms with Gasteiger partial charge in [-0.1, -0.05) is 34.6 Å². The molecule has 0 aromatic heterocycles. The van der Waals surface area contributed by atoms with Crippen LogP contribution in [0.4, 0.5) is 4.79 Å². The lowest BCUT2D eigenvalue weighted by molar-refractivity contribution is -0.147. The number of carbonyl (C=O) groups is 2. The summed E-state index contributed by atoms with van der Waals surface area (Å²) >= 11 is 0. The highest BCUT2D eigenvalue weighted by Crippen LogP contribution is 2.38. The molecule has 0 rings (SSSR count). The molecule has 0 bridgehead atoms. The topological polar surface area (TPSA) is 84.9 Å². The van der Waals surface area contributed by atoms with E-state index in [0.29, 0.717) is 6.42 Å². The summed E-state index contributed by atoms with van der Waals surface area (Å²) in [6.07, 6.45) is -0.961. The van der Waals surface area contributed by atoms with E-state index in [1.54, 1.807) is 27.7 Å². The molecule has 0 aromatic carbocycles. The highest BCUT2D eigenvalue weighted by atomic mass is 28.4. The van der Waals surface area contributed by atoms with Gasteiger partial charge in [0.2, 0.25) is 0 Å². The molecule has 0 radical (unpaired) electrons. The normalized spacial score (nSPS) is 17.6. The van der Waals surface area contributed by atoms with Crippen molar-refractivity contribution in [2.45, 2.75) is 117 Å². The fourth-order valence-corrected chi connectivity index (χ4v) is 3.91. The van der Waals surface area contributed by atoms with Crippen molar-refractivity contribution in [1.29, 1.82) is 0 Å². The van der Waals surface area contributed by atoms with E-state index in [0.717, 1.165) is 0 Å². The van der Waals surface area contributed by atoms with Crippen LogP contribution in [0.25, 0.3) is 0 Å². The number of alkyl carbamates (subject to hydrolysis) is 1. The molecule has 0 saturated heterocycles. The van der Waals surface area contributed by atoms with Crippen LogP contribution in [-0.4, -0.2) is 48.6 Å². The number of nitrogens with one attached hydrogen (secondary N) is 1. The average molecular weight is 418 g/mol. The fourth-order valence-electron chi connectivity index (χ4n) is 2.44. The number of rotatable bonds is 8. The molecular formula is C21H43NO5Si. The Balaban J connectivity index is 5.50. The third-order valence-electron chi connectivity index (χ3n) is 5.28. The van der Waals surface area contributed by atoms with Crippen LogP contribution in [0.15, 0.2) is 0 Å². The monoisotopic (exact) mass is 417 g/mol. The number of aliphatic hydroxyl groups is 1. The number of hydrogen-bond donors (Lipinski definition) is 2. The first kappa shape index (κ1) is 27.1. The Morgan fingerprint density at radius 3 is 1.82 bits per heavy atom. The molecule has 0 unspecified atom stereocenters. The second kappa shape index (κ2) is 9.26. The average Bonchev–Trinajstić information content (AvgIpc) is 2.41. The summed E-state index contributed by atoms with van der Waals surface area (Å²) in [7, 11) is -2.18. The standard InChI is InChI=1S/C21H43NO5Si/c1-14(2)13-16(22-18(24)26-19(4,5)6)17(23)21(10,25)15(3)27-28(11,12)20(7,8)9/h14-16,25H,13H2,1-12H3,(H,22,24)/t15-,16+,21-/m1/s1. The number of amides is 1. The van der Waals surface area contributed by atoms with Gasteiger partial charge in [0.15, 0.2) is 14.1 Å². The largest absolute Gasteiger partial charge is 0.444 e. The molecule has 3 atom stereocenters. The number of hydrogen-bond acceptors (Lipinski definition) is 5. The predicted octanol–water partition coefficient (Wildman–Crippen LogP) is 4.66. The molecule has 0 aliphatic carbocycles. The van der Waals surface area contributed by atoms with E-state index >= 15 is 0 Å². The van der Waals surface area contributed by atoms with Crippen molar-refractivity contribution >= 4 is 20.2 Å². The summed E-state index contributed by atoms with van der Waals surface area (Å²) in [6, 6.07) is -0.852. The second-order valence-corrected chi connectivity index (χ2v) is 15.6. The third-order valence-corrected chi connectivity index (χ3v) is 9.84. The van der Waals surface area contributed by atoms with E-state index in [4.69, 9.17) is 9.16 Å². The lowest BCUT2D eigenvalue weighted by atomic mass is 9.87. The predicted molar refractivity (Wildman–Crippen MR) is 116 cm³/mol. The minimum atomic E-state index is -2.18. The van der Waals surface area contributed by atoms with Gasteiger partial charge in [0.05, 0.1) is 12.1 Å². The first-order valence-corrected chi connectivity index (χ1v) is 13.1. The Morgan fingerprint density at radius 1 is 1.00 bits per heavy atom. The Kier molecular flexibility index (Phi) is 8.96. The molecule has 0 saturated carbocycles. The number of Topliss-reactive ketones (excluding diaryl/α,β-unsaturated/α-hetero) is 1. The van der Waals surface area contributed by atoms with E-state index in [9.17, 15) is 14.7 Å². The smallest absolute Gasteiger partial charge is 0.408 e. The molecule has 7 heteroatoms. The van der Waals surface area contributed by atoms with Crippen molar-refractivity contribution in [3.8, 4) is 0 Å². The van der Waals surface area contributed by atoms with Gasteiger partial charge in [-0.2, -0.15) is 0 Å². The molecule has 1 amide bonds. The zero-order chi connectivity index (χ0) is 22.7. The van der Waals surface area contributed by atoms with Gasteiger partial charge in [-0.25, -0.2) is 4.79 Å². The van der Waals surface area contributed by atoms with Crippen LogP contribution in [0.1, 0.15) is 75.7 Å². The molecule has 0 spiro atoms. The minimum Gasteiger partial charge on any atom is -0.444 e. The molecule has 6 nitrogen and oxygen atoms in total. The summed E-state index contributed by atoms with van der Waals surface area (Å²) < 4.78 is 11.5. The van der Waals surface area contributed by atoms with Gasteiger partial charge in [0, 0.05) is 0 Å². The van der Waals surface area contributed by atoms with Crippen LogP contribution in [0, 0.1) is 5.92 Å². The molecule has 0 fully saturated rings. The van der Waals surface area contributed by atoms with Gasteiger partial charge in [-0.15, -0.1) is 0 Å². The number of ketones is 1. The van der Waals surface area contributed by atoms with Gasteiger partial charge in [-0.3, -0.25) is 4.79 Å². The quantitative estimate of drug-likeness (QED) is 0.561. The molecule has 28 heavy (non-hydrogen) atoms. The SMILES string of the molecule is CC(C)C[C@H](NC(=O)OC(C)(C)C)C(=O)[C@](C)(O)[C@@H](C)O[Si](C)(C)C(C)(C)C. The molecule has 166 valence electrons. The van der Waals surface area contributed by atoms with Crippen molar-refractivity contribution in [1.82, 2.24) is 5.32 Å². The summed E-state index contributed by atoms with van der Waals surface area (Å²) in [4.78, 5) is 25.4. The molecule has 2 N–H and O–H groups in total. The van der Waals surface area contributed by atoms with Gasteiger partial charge < -0.3 is 19.6 Å². The van der Waals surface area contributed by atoms with Crippen molar-refractivity contribution in [3.05, 3.63) is 0 Å². The summed E-state index contributed by atoms with van der Waals surface area (Å²) in [5.74, 6) is -0.311. The maximum absolute atomic E-state index is 13.2. The minimum absolute atomic E-state index is 0.0491. The fraction of sp³-hybridized carbons (Fsp3) is 0.905. The lowest BCUT2D eigenvalue weighted by Gasteiger charge is -2.42. The van der Waals surface area contributed by atoms with Gasteiger partial charge in [0.1, 0.15) is 11.2 Å². The Labute approximate surface area is 172 Å².